The van der Waals surface area contributed by atoms with Gasteiger partial charge < -0.3 is 0 Å². The number of hydrogen-bond acceptors (Lipinski definition) is 2. The maximum absolute atomic E-state index is 2.79. The molecule has 28 heavy (non-hydrogen) atoms. The van der Waals surface area contributed by atoms with E-state index in [1.807, 2.05) is 0 Å². The van der Waals surface area contributed by atoms with Crippen LogP contribution in [0.1, 0.15) is 70.6 Å². The summed E-state index contributed by atoms with van der Waals surface area (Å²) in [6, 6.07) is 0. The zero-order valence-corrected chi connectivity index (χ0v) is 18.0. The lowest BCUT2D eigenvalue weighted by atomic mass is 9.64. The van der Waals surface area contributed by atoms with Crippen LogP contribution in [-0.2, 0) is 0 Å². The van der Waals surface area contributed by atoms with Crippen molar-refractivity contribution in [1.82, 2.24) is 9.80 Å². The Morgan fingerprint density at radius 3 is 2.36 bits per heavy atom. The van der Waals surface area contributed by atoms with Gasteiger partial charge >= 0.3 is 0 Å². The van der Waals surface area contributed by atoms with Crippen molar-refractivity contribution in [3.05, 3.63) is 36.5 Å². The molecule has 156 valence electrons. The van der Waals surface area contributed by atoms with Crippen molar-refractivity contribution in [2.24, 2.45) is 23.7 Å². The third-order valence-corrected chi connectivity index (χ3v) is 7.70. The first-order valence-corrected chi connectivity index (χ1v) is 12.3. The largest absolute Gasteiger partial charge is 0.290 e. The summed E-state index contributed by atoms with van der Waals surface area (Å²) in [6.45, 7) is 6.35. The van der Waals surface area contributed by atoms with Gasteiger partial charge in [0.25, 0.3) is 0 Å². The van der Waals surface area contributed by atoms with E-state index in [0.29, 0.717) is 5.92 Å². The van der Waals surface area contributed by atoms with Gasteiger partial charge in [-0.15, -0.1) is 0 Å². The van der Waals surface area contributed by atoms with Crippen molar-refractivity contribution in [2.75, 3.05) is 32.8 Å². The topological polar surface area (TPSA) is 6.48 Å². The van der Waals surface area contributed by atoms with Crippen molar-refractivity contribution in [3.63, 3.8) is 0 Å². The van der Waals surface area contributed by atoms with Crippen molar-refractivity contribution < 1.29 is 0 Å². The van der Waals surface area contributed by atoms with Crippen LogP contribution in [-0.4, -0.2) is 42.6 Å². The van der Waals surface area contributed by atoms with Gasteiger partial charge in [-0.25, -0.2) is 0 Å². The summed E-state index contributed by atoms with van der Waals surface area (Å²) in [6.07, 6.45) is 30.2. The first kappa shape index (κ1) is 20.4. The Bertz CT molecular complexity index is 549. The summed E-state index contributed by atoms with van der Waals surface area (Å²) >= 11 is 0. The van der Waals surface area contributed by atoms with E-state index < -0.39 is 0 Å². The Balaban J connectivity index is 1.48. The van der Waals surface area contributed by atoms with Crippen molar-refractivity contribution in [1.29, 1.82) is 0 Å². The molecule has 0 aromatic heterocycles. The Morgan fingerprint density at radius 2 is 1.39 bits per heavy atom. The van der Waals surface area contributed by atoms with Gasteiger partial charge in [-0.2, -0.15) is 0 Å². The molecule has 2 aliphatic carbocycles. The normalized spacial score (nSPS) is 40.3. The average molecular weight is 383 g/mol. The maximum Gasteiger partial charge on any atom is 0.0506 e. The summed E-state index contributed by atoms with van der Waals surface area (Å²) in [7, 11) is 0. The van der Waals surface area contributed by atoms with Crippen LogP contribution >= 0.6 is 0 Å². The highest BCUT2D eigenvalue weighted by Crippen LogP contribution is 2.44. The van der Waals surface area contributed by atoms with Crippen LogP contribution in [0.4, 0.5) is 0 Å². The van der Waals surface area contributed by atoms with E-state index in [2.05, 4.69) is 46.3 Å². The molecule has 2 heteroatoms. The molecule has 0 radical (unpaired) electrons. The number of allylic oxidation sites excluding steroid dienone is 5. The molecule has 0 N–H and O–H groups in total. The Morgan fingerprint density at radius 1 is 0.571 bits per heavy atom. The van der Waals surface area contributed by atoms with Gasteiger partial charge in [0, 0.05) is 26.2 Å². The van der Waals surface area contributed by atoms with Gasteiger partial charge in [0.2, 0.25) is 0 Å². The highest BCUT2D eigenvalue weighted by atomic mass is 15.3. The molecular weight excluding hydrogens is 340 g/mol. The highest BCUT2D eigenvalue weighted by molar-refractivity contribution is 5.13. The van der Waals surface area contributed by atoms with Crippen LogP contribution in [0, 0.1) is 23.7 Å². The van der Waals surface area contributed by atoms with E-state index >= 15 is 0 Å². The van der Waals surface area contributed by atoms with Crippen LogP contribution < -0.4 is 0 Å². The van der Waals surface area contributed by atoms with E-state index in [1.165, 1.54) is 103 Å². The monoisotopic (exact) mass is 382 g/mol. The SMILES string of the molecule is C1=CCCN2CCCN(CC3C(C=CCCCCC1)C=CC1CCCCC13)C2. The molecular formula is C26H42N2. The first-order chi connectivity index (χ1) is 13.9. The van der Waals surface area contributed by atoms with Gasteiger partial charge in [0.15, 0.2) is 0 Å². The fourth-order valence-corrected chi connectivity index (χ4v) is 6.14. The van der Waals surface area contributed by atoms with Crippen molar-refractivity contribution in [3.8, 4) is 0 Å². The summed E-state index contributed by atoms with van der Waals surface area (Å²) < 4.78 is 0. The van der Waals surface area contributed by atoms with E-state index in [-0.39, 0.29) is 0 Å². The predicted molar refractivity (Wildman–Crippen MR) is 120 cm³/mol. The molecule has 2 nitrogen and oxygen atoms in total. The van der Waals surface area contributed by atoms with Gasteiger partial charge in [-0.1, -0.05) is 55.7 Å². The lowest BCUT2D eigenvalue weighted by Gasteiger charge is -2.45. The standard InChI is InChI=1S/C26H42N2/c1-2-4-6-8-13-24-17-16-23-14-9-10-15-25(23)26(24)21-28-20-12-19-27(22-28)18-11-7-5-3-1/h5,7-8,13,16-17,23-26H,1-4,6,9-12,14-15,18-22H2. The minimum Gasteiger partial charge on any atom is -0.290 e. The molecule has 2 fully saturated rings. The second-order valence-corrected chi connectivity index (χ2v) is 9.75. The van der Waals surface area contributed by atoms with Crippen molar-refractivity contribution in [2.45, 2.75) is 70.6 Å². The fourth-order valence-electron chi connectivity index (χ4n) is 6.14. The zero-order valence-electron chi connectivity index (χ0n) is 18.0. The predicted octanol–water partition coefficient (Wildman–Crippen LogP) is 6.03. The number of fused-ring (bicyclic) bond motifs is 5. The minimum atomic E-state index is 0.673. The Kier molecular flexibility index (Phi) is 7.86. The van der Waals surface area contributed by atoms with E-state index in [1.54, 1.807) is 0 Å². The second-order valence-electron chi connectivity index (χ2n) is 9.75. The van der Waals surface area contributed by atoms with Crippen molar-refractivity contribution >= 4 is 0 Å². The van der Waals surface area contributed by atoms with Crippen LogP contribution in [0.2, 0.25) is 0 Å². The zero-order chi connectivity index (χ0) is 19.0. The summed E-state index contributed by atoms with van der Waals surface area (Å²) in [5.74, 6) is 3.30. The first-order valence-electron chi connectivity index (χ1n) is 12.3. The summed E-state index contributed by atoms with van der Waals surface area (Å²) in [5.41, 5.74) is 0. The molecule has 2 aliphatic heterocycles. The molecule has 1 saturated carbocycles. The lowest BCUT2D eigenvalue weighted by Crippen LogP contribution is -2.49. The van der Waals surface area contributed by atoms with Gasteiger partial charge in [0.05, 0.1) is 6.67 Å². The van der Waals surface area contributed by atoms with Crippen LogP contribution in [0.15, 0.2) is 36.5 Å². The summed E-state index contributed by atoms with van der Waals surface area (Å²) in [5, 5.41) is 0. The molecule has 4 aliphatic rings. The van der Waals surface area contributed by atoms with Gasteiger partial charge in [-0.05, 0) is 75.0 Å². The molecule has 0 amide bonds. The van der Waals surface area contributed by atoms with E-state index in [4.69, 9.17) is 0 Å². The molecule has 0 aromatic carbocycles. The van der Waals surface area contributed by atoms with Crippen LogP contribution in [0.25, 0.3) is 0 Å². The second kappa shape index (κ2) is 10.8. The quantitative estimate of drug-likeness (QED) is 0.472. The van der Waals surface area contributed by atoms with Gasteiger partial charge in [-0.3, -0.25) is 9.80 Å². The minimum absolute atomic E-state index is 0.673. The number of rotatable bonds is 0. The molecule has 2 heterocycles. The molecule has 0 aromatic rings. The molecule has 0 spiro atoms. The molecule has 2 bridgehead atoms. The third-order valence-electron chi connectivity index (χ3n) is 7.70. The molecule has 6 unspecified atom stereocenters. The third kappa shape index (κ3) is 5.60. The lowest BCUT2D eigenvalue weighted by molar-refractivity contribution is 0.0433. The fraction of sp³-hybridized carbons (Fsp3) is 0.769. The Hall–Kier alpha value is -0.860. The van der Waals surface area contributed by atoms with Crippen LogP contribution in [0.5, 0.6) is 0 Å². The molecule has 1 saturated heterocycles. The smallest absolute Gasteiger partial charge is 0.0506 e. The number of nitrogens with zero attached hydrogens (tertiary/aromatic N) is 2. The van der Waals surface area contributed by atoms with Crippen LogP contribution in [0.3, 0.4) is 0 Å². The number of hydrogen-bond donors (Lipinski definition) is 0. The molecule has 4 rings (SSSR count). The van der Waals surface area contributed by atoms with E-state index in [0.717, 1.165) is 17.8 Å². The maximum atomic E-state index is 2.79. The Labute approximate surface area is 173 Å². The average Bonchev–Trinajstić information content (AvgIpc) is 2.73. The molecule has 6 atom stereocenters. The van der Waals surface area contributed by atoms with Gasteiger partial charge in [0.1, 0.15) is 0 Å². The highest BCUT2D eigenvalue weighted by Gasteiger charge is 2.37. The van der Waals surface area contributed by atoms with E-state index in [9.17, 15) is 0 Å². The summed E-state index contributed by atoms with van der Waals surface area (Å²) in [4.78, 5) is 5.50.